The Morgan fingerprint density at radius 1 is 0.208 bits per heavy atom. The van der Waals surface area contributed by atoms with Gasteiger partial charge in [0.1, 0.15) is 8.07 Å². The molecule has 2 nitrogen and oxygen atoms in total. The van der Waals surface area contributed by atoms with E-state index in [1.54, 1.807) is 0 Å². The summed E-state index contributed by atoms with van der Waals surface area (Å²) >= 11 is 0. The number of nitrogens with zero attached hydrogens (tertiary/aromatic N) is 2. The fourth-order valence-corrected chi connectivity index (χ4v) is 14.6. The highest BCUT2D eigenvalue weighted by Gasteiger charge is 2.37. The van der Waals surface area contributed by atoms with Gasteiger partial charge in [-0.3, -0.25) is 0 Å². The van der Waals surface area contributed by atoms with Crippen LogP contribution < -0.4 is 20.2 Å². The maximum absolute atomic E-state index is 2.53. The second-order valence-electron chi connectivity index (χ2n) is 20.5. The van der Waals surface area contributed by atoms with E-state index in [1.807, 2.05) is 0 Å². The molecule has 366 valence electrons. The van der Waals surface area contributed by atoms with Gasteiger partial charge >= 0.3 is 0 Å². The lowest BCUT2D eigenvalue weighted by molar-refractivity contribution is 1.23. The number of anilines is 6. The Labute approximate surface area is 454 Å². The first-order valence-corrected chi connectivity index (χ1v) is 29.7. The Bertz CT molecular complexity index is 3830. The van der Waals surface area contributed by atoms with Gasteiger partial charge < -0.3 is 9.80 Å². The van der Waals surface area contributed by atoms with E-state index in [0.29, 0.717) is 0 Å². The molecular formula is C74H56N2Si. The molecule has 0 amide bonds. The van der Waals surface area contributed by atoms with E-state index >= 15 is 0 Å². The lowest BCUT2D eigenvalue weighted by Gasteiger charge is -2.35. The summed E-state index contributed by atoms with van der Waals surface area (Å²) in [6.45, 7) is 5.02. The average molecular weight is 1000 g/mol. The van der Waals surface area contributed by atoms with Crippen molar-refractivity contribution in [1.82, 2.24) is 0 Å². The Kier molecular flexibility index (Phi) is 12.4. The third-order valence-electron chi connectivity index (χ3n) is 15.5. The predicted octanol–water partition coefficient (Wildman–Crippen LogP) is 19.4. The number of hydrogen-bond donors (Lipinski definition) is 0. The summed E-state index contributed by atoms with van der Waals surface area (Å²) in [5.74, 6) is 0. The summed E-state index contributed by atoms with van der Waals surface area (Å²) in [6, 6.07) is 111. The lowest BCUT2D eigenvalue weighted by atomic mass is 9.91. The number of benzene rings is 12. The van der Waals surface area contributed by atoms with Gasteiger partial charge in [0, 0.05) is 22.7 Å². The van der Waals surface area contributed by atoms with Crippen molar-refractivity contribution in [1.29, 1.82) is 0 Å². The van der Waals surface area contributed by atoms with Crippen LogP contribution in [0.25, 0.3) is 77.9 Å². The van der Waals surface area contributed by atoms with E-state index in [-0.39, 0.29) is 0 Å². The van der Waals surface area contributed by atoms with Gasteiger partial charge in [0.05, 0.1) is 11.4 Å². The smallest absolute Gasteiger partial charge is 0.113 e. The van der Waals surface area contributed by atoms with Gasteiger partial charge in [0.25, 0.3) is 0 Å². The highest BCUT2D eigenvalue weighted by atomic mass is 28.3. The molecular weight excluding hydrogens is 945 g/mol. The van der Waals surface area contributed by atoms with Crippen LogP contribution in [0.4, 0.5) is 34.1 Å². The van der Waals surface area contributed by atoms with E-state index in [0.717, 1.165) is 56.4 Å². The zero-order valence-corrected chi connectivity index (χ0v) is 44.3. The van der Waals surface area contributed by atoms with Crippen molar-refractivity contribution in [3.8, 4) is 77.9 Å². The van der Waals surface area contributed by atoms with Crippen molar-refractivity contribution in [3.63, 3.8) is 0 Å². The minimum Gasteiger partial charge on any atom is -0.308 e. The third kappa shape index (κ3) is 9.07. The molecule has 3 heteroatoms. The first-order valence-electron chi connectivity index (χ1n) is 26.7. The van der Waals surface area contributed by atoms with Gasteiger partial charge in [-0.2, -0.15) is 0 Å². The molecule has 1 aliphatic rings. The van der Waals surface area contributed by atoms with Gasteiger partial charge in [0.2, 0.25) is 0 Å². The normalized spacial score (nSPS) is 12.1. The van der Waals surface area contributed by atoms with Crippen molar-refractivity contribution in [2.24, 2.45) is 0 Å². The monoisotopic (exact) mass is 1000 g/mol. The fourth-order valence-electron chi connectivity index (χ4n) is 11.5. The maximum Gasteiger partial charge on any atom is 0.113 e. The summed E-state index contributed by atoms with van der Waals surface area (Å²) in [5.41, 5.74) is 23.1. The van der Waals surface area contributed by atoms with Gasteiger partial charge in [-0.1, -0.05) is 256 Å². The largest absolute Gasteiger partial charge is 0.308 e. The quantitative estimate of drug-likeness (QED) is 0.113. The lowest BCUT2D eigenvalue weighted by Crippen LogP contribution is -2.49. The van der Waals surface area contributed by atoms with E-state index in [2.05, 4.69) is 326 Å². The Morgan fingerprint density at radius 2 is 0.481 bits per heavy atom. The molecule has 1 aliphatic heterocycles. The zero-order chi connectivity index (χ0) is 51.7. The van der Waals surface area contributed by atoms with E-state index in [4.69, 9.17) is 0 Å². The van der Waals surface area contributed by atoms with Crippen LogP contribution in [0.15, 0.2) is 303 Å². The molecule has 0 unspecified atom stereocenters. The molecule has 0 atom stereocenters. The summed E-state index contributed by atoms with van der Waals surface area (Å²) in [7, 11) is -2.04. The Hall–Kier alpha value is -9.54. The standard InChI is InChI=1S/C74H56N2Si/c1-77(2)73-31-19-18-30-67(73)68-49-40-62(50-74(68)77)70-52-72(76(65-45-36-59(37-46-65)55-24-12-5-13-25-55)66-47-38-60(39-48-66)56-26-14-6-15-27-56)71(51-69(70)61-28-16-7-17-29-61)75(63-41-32-57(33-42-63)53-20-8-3-9-21-53)64-43-34-58(35-44-64)54-22-10-4-11-23-54/h3-52H,1-2H3. The van der Waals surface area contributed by atoms with Crippen molar-refractivity contribution < 1.29 is 0 Å². The van der Waals surface area contributed by atoms with Crippen LogP contribution in [-0.2, 0) is 0 Å². The first kappa shape index (κ1) is 47.2. The van der Waals surface area contributed by atoms with Crippen molar-refractivity contribution in [2.75, 3.05) is 9.80 Å². The van der Waals surface area contributed by atoms with Crippen LogP contribution in [0.5, 0.6) is 0 Å². The van der Waals surface area contributed by atoms with Crippen molar-refractivity contribution >= 4 is 52.6 Å². The molecule has 0 aromatic heterocycles. The summed E-state index contributed by atoms with van der Waals surface area (Å²) in [4.78, 5) is 4.94. The number of hydrogen-bond acceptors (Lipinski definition) is 2. The second-order valence-corrected chi connectivity index (χ2v) is 24.8. The molecule has 0 spiro atoms. The van der Waals surface area contributed by atoms with Crippen LogP contribution >= 0.6 is 0 Å². The van der Waals surface area contributed by atoms with Crippen LogP contribution in [0.3, 0.4) is 0 Å². The highest BCUT2D eigenvalue weighted by Crippen LogP contribution is 2.51. The van der Waals surface area contributed by atoms with Crippen molar-refractivity contribution in [2.45, 2.75) is 13.1 Å². The first-order chi connectivity index (χ1) is 37.9. The van der Waals surface area contributed by atoms with Crippen LogP contribution in [0.1, 0.15) is 0 Å². The van der Waals surface area contributed by atoms with E-state index < -0.39 is 8.07 Å². The molecule has 0 N–H and O–H groups in total. The highest BCUT2D eigenvalue weighted by molar-refractivity contribution is 7.03. The second kappa shape index (κ2) is 20.3. The van der Waals surface area contributed by atoms with Gasteiger partial charge in [-0.05, 0) is 149 Å². The zero-order valence-electron chi connectivity index (χ0n) is 43.3. The maximum atomic E-state index is 2.53. The third-order valence-corrected chi connectivity index (χ3v) is 19.0. The fraction of sp³-hybridized carbons (Fsp3) is 0.0270. The summed E-state index contributed by atoms with van der Waals surface area (Å²) < 4.78 is 0. The number of fused-ring (bicyclic) bond motifs is 3. The molecule has 0 bridgehead atoms. The SMILES string of the molecule is C[Si]1(C)c2ccccc2-c2ccc(-c3cc(N(c4ccc(-c5ccccc5)cc4)c4ccc(-c5ccccc5)cc4)c(N(c4ccc(-c5ccccc5)cc4)c4ccc(-c5ccccc5)cc4)cc3-c3ccccc3)cc21. The topological polar surface area (TPSA) is 6.48 Å². The molecule has 0 aliphatic carbocycles. The minimum absolute atomic E-state index is 1.04. The Balaban J connectivity index is 1.10. The number of rotatable bonds is 12. The Morgan fingerprint density at radius 3 is 0.844 bits per heavy atom. The molecule has 1 heterocycles. The average Bonchev–Trinajstić information content (AvgIpc) is 3.90. The van der Waals surface area contributed by atoms with Gasteiger partial charge in [0.15, 0.2) is 0 Å². The van der Waals surface area contributed by atoms with Crippen molar-refractivity contribution in [3.05, 3.63) is 303 Å². The molecule has 12 aromatic carbocycles. The summed E-state index contributed by atoms with van der Waals surface area (Å²) in [5, 5.41) is 2.98. The molecule has 12 aromatic rings. The predicted molar refractivity (Wildman–Crippen MR) is 331 cm³/mol. The molecule has 0 saturated carbocycles. The molecule has 77 heavy (non-hydrogen) atoms. The molecule has 13 rings (SSSR count). The molecule has 0 radical (unpaired) electrons. The molecule has 0 saturated heterocycles. The van der Waals surface area contributed by atoms with Gasteiger partial charge in [-0.15, -0.1) is 0 Å². The van der Waals surface area contributed by atoms with Crippen LogP contribution in [-0.4, -0.2) is 8.07 Å². The van der Waals surface area contributed by atoms with Gasteiger partial charge in [-0.25, -0.2) is 0 Å². The van der Waals surface area contributed by atoms with Crippen LogP contribution in [0.2, 0.25) is 13.1 Å². The van der Waals surface area contributed by atoms with E-state index in [1.165, 1.54) is 66.0 Å². The summed E-state index contributed by atoms with van der Waals surface area (Å²) in [6.07, 6.45) is 0. The molecule has 0 fully saturated rings. The minimum atomic E-state index is -2.04. The van der Waals surface area contributed by atoms with Crippen LogP contribution in [0, 0.1) is 0 Å². The van der Waals surface area contributed by atoms with E-state index in [9.17, 15) is 0 Å².